The van der Waals surface area contributed by atoms with Crippen LogP contribution in [0.1, 0.15) is 29.8 Å². The van der Waals surface area contributed by atoms with Crippen LogP contribution >= 0.6 is 0 Å². The van der Waals surface area contributed by atoms with Gasteiger partial charge in [0.1, 0.15) is 0 Å². The molecule has 0 radical (unpaired) electrons. The van der Waals surface area contributed by atoms with Crippen molar-refractivity contribution >= 4 is 5.97 Å². The molecule has 0 saturated heterocycles. The molecule has 2 heterocycles. The Hall–Kier alpha value is -3.88. The van der Waals surface area contributed by atoms with E-state index in [1.165, 1.54) is 5.56 Å². The number of pyridine rings is 1. The lowest BCUT2D eigenvalue weighted by Crippen LogP contribution is -2.25. The number of aromatic nitrogens is 3. The Morgan fingerprint density at radius 2 is 1.89 bits per heavy atom. The van der Waals surface area contributed by atoms with Gasteiger partial charge < -0.3 is 14.4 Å². The predicted molar refractivity (Wildman–Crippen MR) is 133 cm³/mol. The second kappa shape index (κ2) is 10.6. The average molecular weight is 473 g/mol. The molecule has 4 aromatic rings. The van der Waals surface area contributed by atoms with Crippen molar-refractivity contribution in [3.05, 3.63) is 77.6 Å². The summed E-state index contributed by atoms with van der Waals surface area (Å²) in [4.78, 5) is 21.5. The number of hydrogen-bond donors (Lipinski definition) is 1. The van der Waals surface area contributed by atoms with Crippen LogP contribution in [-0.4, -0.2) is 51.8 Å². The largest absolute Gasteiger partial charge is 0.480 e. The van der Waals surface area contributed by atoms with E-state index >= 15 is 0 Å². The first kappa shape index (κ1) is 24.3. The fourth-order valence-electron chi connectivity index (χ4n) is 3.95. The molecule has 1 atom stereocenters. The summed E-state index contributed by atoms with van der Waals surface area (Å²) in [7, 11) is 3.43. The summed E-state index contributed by atoms with van der Waals surface area (Å²) >= 11 is 0. The second-order valence-corrected chi connectivity index (χ2v) is 8.52. The zero-order chi connectivity index (χ0) is 24.9. The lowest BCUT2D eigenvalue weighted by Gasteiger charge is -2.17. The quantitative estimate of drug-likeness (QED) is 0.363. The molecule has 0 aliphatic rings. The van der Waals surface area contributed by atoms with Gasteiger partial charge in [0.15, 0.2) is 0 Å². The van der Waals surface area contributed by atoms with Gasteiger partial charge in [0.2, 0.25) is 5.82 Å². The molecule has 1 N–H and O–H groups in total. The van der Waals surface area contributed by atoms with Crippen LogP contribution in [0.15, 0.2) is 65.3 Å². The number of carboxylic acid groups (broad SMARTS) is 1. The maximum atomic E-state index is 10.8. The fourth-order valence-corrected chi connectivity index (χ4v) is 3.95. The third-order valence-corrected chi connectivity index (χ3v) is 5.87. The van der Waals surface area contributed by atoms with Crippen LogP contribution in [0.2, 0.25) is 0 Å². The fraction of sp³-hybridized carbons (Fsp3) is 0.259. The van der Waals surface area contributed by atoms with Crippen LogP contribution in [0.25, 0.3) is 34.0 Å². The van der Waals surface area contributed by atoms with Crippen molar-refractivity contribution in [3.8, 4) is 34.0 Å². The minimum absolute atomic E-state index is 0.0516. The number of likely N-dealkylation sites (N-methyl/N-ethyl adjacent to an activating group) is 1. The summed E-state index contributed by atoms with van der Waals surface area (Å²) in [6.07, 6.45) is 1.54. The van der Waals surface area contributed by atoms with Gasteiger partial charge in [0, 0.05) is 31.0 Å². The maximum Gasteiger partial charge on any atom is 0.317 e. The van der Waals surface area contributed by atoms with Gasteiger partial charge in [-0.3, -0.25) is 14.7 Å². The molecule has 0 amide bonds. The standard InChI is InChI=1S/C27H28N4O4/c1-17-7-5-6-8-22(17)23-12-10-19(13-24(23)18(2)34-4)27-29-26(30-35-27)20-9-11-21(28-14-20)15-31(3)16-25(32)33/h5-14,18H,15-16H2,1-4H3,(H,32,33). The molecule has 0 bridgehead atoms. The lowest BCUT2D eigenvalue weighted by atomic mass is 9.92. The Balaban J connectivity index is 1.59. The monoisotopic (exact) mass is 472 g/mol. The molecule has 2 aromatic carbocycles. The summed E-state index contributed by atoms with van der Waals surface area (Å²) in [5, 5.41) is 13.0. The van der Waals surface area contributed by atoms with E-state index in [0.29, 0.717) is 23.8 Å². The number of methoxy groups -OCH3 is 1. The van der Waals surface area contributed by atoms with Gasteiger partial charge in [-0.1, -0.05) is 35.5 Å². The molecule has 0 fully saturated rings. The molecule has 35 heavy (non-hydrogen) atoms. The molecular formula is C27H28N4O4. The number of rotatable bonds is 9. The summed E-state index contributed by atoms with van der Waals surface area (Å²) in [6, 6.07) is 18.0. The summed E-state index contributed by atoms with van der Waals surface area (Å²) in [5.41, 5.74) is 6.76. The van der Waals surface area contributed by atoms with Crippen molar-refractivity contribution in [2.75, 3.05) is 20.7 Å². The summed E-state index contributed by atoms with van der Waals surface area (Å²) in [6.45, 7) is 4.49. The van der Waals surface area contributed by atoms with Gasteiger partial charge in [-0.15, -0.1) is 0 Å². The number of ether oxygens (including phenoxy) is 1. The molecule has 1 unspecified atom stereocenters. The number of aliphatic carboxylic acids is 1. The van der Waals surface area contributed by atoms with E-state index in [-0.39, 0.29) is 12.6 Å². The van der Waals surface area contributed by atoms with E-state index in [1.807, 2.05) is 43.3 Å². The molecule has 8 heteroatoms. The van der Waals surface area contributed by atoms with Crippen LogP contribution < -0.4 is 0 Å². The number of nitrogens with zero attached hydrogens (tertiary/aromatic N) is 4. The first-order valence-corrected chi connectivity index (χ1v) is 11.3. The lowest BCUT2D eigenvalue weighted by molar-refractivity contribution is -0.138. The Morgan fingerprint density at radius 1 is 1.11 bits per heavy atom. The van der Waals surface area contributed by atoms with Crippen LogP contribution in [0.5, 0.6) is 0 Å². The number of benzene rings is 2. The molecule has 0 spiro atoms. The third-order valence-electron chi connectivity index (χ3n) is 5.87. The van der Waals surface area contributed by atoms with Gasteiger partial charge in [-0.2, -0.15) is 4.98 Å². The van der Waals surface area contributed by atoms with Crippen molar-refractivity contribution in [1.29, 1.82) is 0 Å². The highest BCUT2D eigenvalue weighted by Crippen LogP contribution is 2.35. The van der Waals surface area contributed by atoms with Crippen molar-refractivity contribution in [2.45, 2.75) is 26.5 Å². The molecule has 8 nitrogen and oxygen atoms in total. The zero-order valence-corrected chi connectivity index (χ0v) is 20.2. The van der Waals surface area contributed by atoms with Crippen LogP contribution in [0, 0.1) is 6.92 Å². The number of carbonyl (C=O) groups is 1. The Labute approximate surface area is 204 Å². The first-order valence-electron chi connectivity index (χ1n) is 11.3. The molecule has 180 valence electrons. The van der Waals surface area contributed by atoms with Crippen LogP contribution in [-0.2, 0) is 16.1 Å². The van der Waals surface area contributed by atoms with E-state index in [4.69, 9.17) is 14.4 Å². The van der Waals surface area contributed by atoms with E-state index in [2.05, 4.69) is 40.2 Å². The van der Waals surface area contributed by atoms with E-state index in [0.717, 1.165) is 27.9 Å². The van der Waals surface area contributed by atoms with Gasteiger partial charge in [0.25, 0.3) is 5.89 Å². The van der Waals surface area contributed by atoms with Crippen molar-refractivity contribution in [3.63, 3.8) is 0 Å². The van der Waals surface area contributed by atoms with Gasteiger partial charge in [-0.25, -0.2) is 0 Å². The molecular weight excluding hydrogens is 444 g/mol. The second-order valence-electron chi connectivity index (χ2n) is 8.52. The van der Waals surface area contributed by atoms with Crippen molar-refractivity contribution < 1.29 is 19.2 Å². The molecule has 0 saturated carbocycles. The highest BCUT2D eigenvalue weighted by molar-refractivity contribution is 5.74. The third kappa shape index (κ3) is 5.62. The highest BCUT2D eigenvalue weighted by atomic mass is 16.5. The van der Waals surface area contributed by atoms with Gasteiger partial charge >= 0.3 is 5.97 Å². The summed E-state index contributed by atoms with van der Waals surface area (Å²) in [5.74, 6) is -0.0353. The molecule has 0 aliphatic carbocycles. The smallest absolute Gasteiger partial charge is 0.317 e. The Kier molecular flexibility index (Phi) is 7.33. The van der Waals surface area contributed by atoms with E-state index in [9.17, 15) is 4.79 Å². The normalized spacial score (nSPS) is 12.1. The zero-order valence-electron chi connectivity index (χ0n) is 20.2. The average Bonchev–Trinajstić information content (AvgIpc) is 3.34. The van der Waals surface area contributed by atoms with Crippen LogP contribution in [0.4, 0.5) is 0 Å². The predicted octanol–water partition coefficient (Wildman–Crippen LogP) is 5.00. The van der Waals surface area contributed by atoms with Crippen LogP contribution in [0.3, 0.4) is 0 Å². The van der Waals surface area contributed by atoms with Crippen molar-refractivity contribution in [2.24, 2.45) is 0 Å². The SMILES string of the molecule is COC(C)c1cc(-c2nc(-c3ccc(CN(C)CC(=O)O)nc3)no2)ccc1-c1ccccc1C. The Morgan fingerprint density at radius 3 is 2.57 bits per heavy atom. The van der Waals surface area contributed by atoms with E-state index in [1.54, 1.807) is 25.3 Å². The Bertz CT molecular complexity index is 1320. The topological polar surface area (TPSA) is 102 Å². The molecule has 4 rings (SSSR count). The summed E-state index contributed by atoms with van der Waals surface area (Å²) < 4.78 is 11.2. The van der Waals surface area contributed by atoms with E-state index < -0.39 is 5.97 Å². The van der Waals surface area contributed by atoms with Crippen molar-refractivity contribution in [1.82, 2.24) is 20.0 Å². The number of aryl methyl sites for hydroxylation is 1. The highest BCUT2D eigenvalue weighted by Gasteiger charge is 2.18. The molecule has 0 aliphatic heterocycles. The number of carboxylic acids is 1. The number of hydrogen-bond acceptors (Lipinski definition) is 7. The maximum absolute atomic E-state index is 10.8. The first-order chi connectivity index (χ1) is 16.9. The van der Waals surface area contributed by atoms with Gasteiger partial charge in [0.05, 0.1) is 18.3 Å². The minimum Gasteiger partial charge on any atom is -0.480 e. The molecule has 2 aromatic heterocycles. The minimum atomic E-state index is -0.876. The van der Waals surface area contributed by atoms with Gasteiger partial charge in [-0.05, 0) is 67.4 Å².